The minimum atomic E-state index is -0.177. The molecule has 0 fully saturated rings. The van der Waals surface area contributed by atoms with Crippen LogP contribution in [-0.4, -0.2) is 6.54 Å². The lowest BCUT2D eigenvalue weighted by molar-refractivity contribution is 0.550. The van der Waals surface area contributed by atoms with E-state index in [4.69, 9.17) is 0 Å². The van der Waals surface area contributed by atoms with Gasteiger partial charge in [-0.1, -0.05) is 22.9 Å². The number of halogens is 3. The number of hydrogen-bond donors (Lipinski definition) is 1. The summed E-state index contributed by atoms with van der Waals surface area (Å²) in [6.07, 6.45) is 1.01. The van der Waals surface area contributed by atoms with E-state index in [2.05, 4.69) is 57.1 Å². The molecule has 1 heterocycles. The number of thiophene rings is 1. The quantitative estimate of drug-likeness (QED) is 0.643. The van der Waals surface area contributed by atoms with Crippen molar-refractivity contribution in [2.24, 2.45) is 0 Å². The number of nitrogens with one attached hydrogen (secondary N) is 1. The van der Waals surface area contributed by atoms with Gasteiger partial charge >= 0.3 is 0 Å². The van der Waals surface area contributed by atoms with Crippen LogP contribution in [0.15, 0.2) is 33.2 Å². The van der Waals surface area contributed by atoms with Crippen LogP contribution in [0.25, 0.3) is 0 Å². The summed E-state index contributed by atoms with van der Waals surface area (Å²) >= 11 is 8.65. The second-order valence-electron chi connectivity index (χ2n) is 4.61. The van der Waals surface area contributed by atoms with E-state index in [0.717, 1.165) is 26.8 Å². The van der Waals surface area contributed by atoms with Gasteiger partial charge in [-0.3, -0.25) is 0 Å². The minimum Gasteiger partial charge on any atom is -0.306 e. The molecule has 1 nitrogen and oxygen atoms in total. The summed E-state index contributed by atoms with van der Waals surface area (Å²) < 4.78 is 16.1. The number of rotatable bonds is 5. The molecule has 1 N–H and O–H groups in total. The second-order valence-corrected chi connectivity index (χ2v) is 7.66. The molecule has 1 aromatic heterocycles. The third kappa shape index (κ3) is 3.70. The van der Waals surface area contributed by atoms with Gasteiger partial charge in [0.15, 0.2) is 0 Å². The predicted molar refractivity (Wildman–Crippen MR) is 91.0 cm³/mol. The van der Waals surface area contributed by atoms with Crippen LogP contribution >= 0.6 is 43.2 Å². The zero-order valence-corrected chi connectivity index (χ0v) is 15.3. The first-order valence-corrected chi connectivity index (χ1v) is 8.87. The molecule has 20 heavy (non-hydrogen) atoms. The Hall–Kier alpha value is -0.230. The monoisotopic (exact) mass is 419 g/mol. The molecule has 2 rings (SSSR count). The molecule has 0 bridgehead atoms. The molecule has 0 amide bonds. The van der Waals surface area contributed by atoms with E-state index in [-0.39, 0.29) is 11.9 Å². The lowest BCUT2D eigenvalue weighted by atomic mass is 10.0. The third-order valence-electron chi connectivity index (χ3n) is 3.03. The van der Waals surface area contributed by atoms with Crippen LogP contribution in [0.5, 0.6) is 0 Å². The molecule has 108 valence electrons. The molecular formula is C15H16Br2FNS. The van der Waals surface area contributed by atoms with Crippen LogP contribution in [0.1, 0.15) is 34.7 Å². The fourth-order valence-electron chi connectivity index (χ4n) is 2.01. The highest BCUT2D eigenvalue weighted by molar-refractivity contribution is 9.10. The Morgan fingerprint density at radius 2 is 2.05 bits per heavy atom. The van der Waals surface area contributed by atoms with Gasteiger partial charge < -0.3 is 5.32 Å². The van der Waals surface area contributed by atoms with Gasteiger partial charge in [0.05, 0.1) is 6.04 Å². The Balaban J connectivity index is 2.43. The average molecular weight is 421 g/mol. The Morgan fingerprint density at radius 3 is 2.65 bits per heavy atom. The predicted octanol–water partition coefficient (Wildman–Crippen LogP) is 5.81. The number of benzene rings is 1. The van der Waals surface area contributed by atoms with Crippen molar-refractivity contribution in [3.05, 3.63) is 54.3 Å². The van der Waals surface area contributed by atoms with Crippen molar-refractivity contribution in [1.29, 1.82) is 0 Å². The molecule has 0 saturated heterocycles. The fourth-order valence-corrected chi connectivity index (χ4v) is 4.05. The van der Waals surface area contributed by atoms with E-state index < -0.39 is 0 Å². The zero-order valence-electron chi connectivity index (χ0n) is 11.3. The van der Waals surface area contributed by atoms with Gasteiger partial charge in [0.25, 0.3) is 0 Å². The Morgan fingerprint density at radius 1 is 1.30 bits per heavy atom. The summed E-state index contributed by atoms with van der Waals surface area (Å²) in [6, 6.07) is 7.06. The van der Waals surface area contributed by atoms with Crippen molar-refractivity contribution in [3.63, 3.8) is 0 Å². The van der Waals surface area contributed by atoms with Crippen LogP contribution in [0.2, 0.25) is 0 Å². The maximum atomic E-state index is 14.2. The molecule has 0 aliphatic rings. The van der Waals surface area contributed by atoms with Crippen LogP contribution in [-0.2, 0) is 0 Å². The van der Waals surface area contributed by atoms with E-state index >= 15 is 0 Å². The molecule has 5 heteroatoms. The molecule has 1 unspecified atom stereocenters. The van der Waals surface area contributed by atoms with Gasteiger partial charge in [-0.25, -0.2) is 4.39 Å². The van der Waals surface area contributed by atoms with Gasteiger partial charge in [-0.05, 0) is 60.1 Å². The van der Waals surface area contributed by atoms with Crippen molar-refractivity contribution >= 4 is 43.2 Å². The Labute approximate surface area is 139 Å². The minimum absolute atomic E-state index is 0.109. The second kappa shape index (κ2) is 7.16. The van der Waals surface area contributed by atoms with Gasteiger partial charge in [-0.2, -0.15) is 0 Å². The SMILES string of the molecule is CCCNC(c1cc(Br)c(C)s1)c1cc(Br)ccc1F. The van der Waals surface area contributed by atoms with E-state index in [1.165, 1.54) is 10.9 Å². The van der Waals surface area contributed by atoms with Gasteiger partial charge in [0, 0.05) is 24.3 Å². The Bertz CT molecular complexity index is 578. The van der Waals surface area contributed by atoms with Gasteiger partial charge in [0.1, 0.15) is 5.82 Å². The van der Waals surface area contributed by atoms with Crippen molar-refractivity contribution in [3.8, 4) is 0 Å². The van der Waals surface area contributed by atoms with Crippen LogP contribution in [0, 0.1) is 12.7 Å². The lowest BCUT2D eigenvalue weighted by Crippen LogP contribution is -2.23. The zero-order chi connectivity index (χ0) is 14.7. The van der Waals surface area contributed by atoms with Crippen molar-refractivity contribution in [2.45, 2.75) is 26.3 Å². The summed E-state index contributed by atoms with van der Waals surface area (Å²) in [5.74, 6) is -0.177. The first kappa shape index (κ1) is 16.1. The summed E-state index contributed by atoms with van der Waals surface area (Å²) in [4.78, 5) is 2.33. The number of aryl methyl sites for hydroxylation is 1. The molecule has 2 aromatic rings. The smallest absolute Gasteiger partial charge is 0.128 e. The normalized spacial score (nSPS) is 12.7. The summed E-state index contributed by atoms with van der Waals surface area (Å²) in [5, 5.41) is 3.44. The van der Waals surface area contributed by atoms with Crippen LogP contribution in [0.4, 0.5) is 4.39 Å². The molecule has 1 atom stereocenters. The largest absolute Gasteiger partial charge is 0.306 e. The van der Waals surface area contributed by atoms with E-state index in [1.54, 1.807) is 17.4 Å². The Kier molecular flexibility index (Phi) is 5.78. The average Bonchev–Trinajstić information content (AvgIpc) is 2.74. The first-order chi connectivity index (χ1) is 9.52. The van der Waals surface area contributed by atoms with Crippen LogP contribution in [0.3, 0.4) is 0 Å². The van der Waals surface area contributed by atoms with E-state index in [1.807, 2.05) is 6.07 Å². The van der Waals surface area contributed by atoms with Crippen molar-refractivity contribution < 1.29 is 4.39 Å². The maximum absolute atomic E-state index is 14.2. The highest BCUT2D eigenvalue weighted by Gasteiger charge is 2.20. The summed E-state index contributed by atoms with van der Waals surface area (Å²) in [5.41, 5.74) is 0.682. The maximum Gasteiger partial charge on any atom is 0.128 e. The molecule has 1 aromatic carbocycles. The van der Waals surface area contributed by atoms with E-state index in [0.29, 0.717) is 5.56 Å². The summed E-state index contributed by atoms with van der Waals surface area (Å²) in [7, 11) is 0. The lowest BCUT2D eigenvalue weighted by Gasteiger charge is -2.18. The van der Waals surface area contributed by atoms with Gasteiger partial charge in [-0.15, -0.1) is 11.3 Å². The third-order valence-corrected chi connectivity index (χ3v) is 5.72. The topological polar surface area (TPSA) is 12.0 Å². The fraction of sp³-hybridized carbons (Fsp3) is 0.333. The molecule has 0 aliphatic heterocycles. The summed E-state index contributed by atoms with van der Waals surface area (Å²) in [6.45, 7) is 5.02. The molecule has 0 radical (unpaired) electrons. The van der Waals surface area contributed by atoms with Crippen molar-refractivity contribution in [2.75, 3.05) is 6.54 Å². The standard InChI is InChI=1S/C15H16Br2FNS/c1-3-6-19-15(14-8-12(17)9(2)20-14)11-7-10(16)4-5-13(11)18/h4-5,7-8,15,19H,3,6H2,1-2H3. The van der Waals surface area contributed by atoms with Crippen molar-refractivity contribution in [1.82, 2.24) is 5.32 Å². The molecule has 0 saturated carbocycles. The number of hydrogen-bond acceptors (Lipinski definition) is 2. The van der Waals surface area contributed by atoms with E-state index in [9.17, 15) is 4.39 Å². The van der Waals surface area contributed by atoms with Crippen LogP contribution < -0.4 is 5.32 Å². The molecular weight excluding hydrogens is 405 g/mol. The highest BCUT2D eigenvalue weighted by atomic mass is 79.9. The first-order valence-electron chi connectivity index (χ1n) is 6.47. The van der Waals surface area contributed by atoms with Gasteiger partial charge in [0.2, 0.25) is 0 Å². The highest BCUT2D eigenvalue weighted by Crippen LogP contribution is 2.35. The molecule has 0 spiro atoms. The molecule has 0 aliphatic carbocycles.